The van der Waals surface area contributed by atoms with Crippen LogP contribution in [0.2, 0.25) is 0 Å². The molecule has 0 amide bonds. The van der Waals surface area contributed by atoms with Crippen molar-refractivity contribution < 1.29 is 12.6 Å². The smallest absolute Gasteiger partial charge is 0.261 e. The van der Waals surface area contributed by atoms with E-state index in [0.717, 1.165) is 0 Å². The average molecular weight is 171 g/mol. The highest BCUT2D eigenvalue weighted by atomic mass is 35.5. The van der Waals surface area contributed by atoms with Crippen LogP contribution in [-0.4, -0.2) is 20.1 Å². The monoisotopic (exact) mass is 170 g/mol. The van der Waals surface area contributed by atoms with Gasteiger partial charge in [0.25, 0.3) is 10.1 Å². The first-order valence-electron chi connectivity index (χ1n) is 2.29. The lowest BCUT2D eigenvalue weighted by Gasteiger charge is -1.95. The Labute approximate surface area is 60.1 Å². The Morgan fingerprint density at radius 2 is 2.11 bits per heavy atom. The molecule has 0 aliphatic heterocycles. The van der Waals surface area contributed by atoms with Crippen molar-refractivity contribution >= 4 is 21.7 Å². The molecule has 0 aromatic heterocycles. The van der Waals surface area contributed by atoms with Crippen LogP contribution in [0, 0.1) is 7.11 Å². The number of hydrogen-bond donors (Lipinski definition) is 0. The Bertz CT molecular complexity index is 151. The zero-order valence-electron chi connectivity index (χ0n) is 4.71. The minimum atomic E-state index is -3.49. The van der Waals surface area contributed by atoms with Crippen LogP contribution in [0.3, 0.4) is 0 Å². The van der Waals surface area contributed by atoms with E-state index < -0.39 is 10.1 Å². The first-order chi connectivity index (χ1) is 4.12. The minimum Gasteiger partial charge on any atom is -0.261 e. The quantitative estimate of drug-likeness (QED) is 0.459. The fourth-order valence-electron chi connectivity index (χ4n) is 0.279. The van der Waals surface area contributed by atoms with Crippen molar-refractivity contribution in [3.63, 3.8) is 0 Å². The van der Waals surface area contributed by atoms with Crippen molar-refractivity contribution in [3.05, 3.63) is 7.11 Å². The first-order valence-corrected chi connectivity index (χ1v) is 4.40. The lowest BCUT2D eigenvalue weighted by molar-refractivity contribution is 0.437. The van der Waals surface area contributed by atoms with Crippen LogP contribution < -0.4 is 0 Å². The molecule has 54 valence electrons. The maximum atomic E-state index is 10.4. The van der Waals surface area contributed by atoms with E-state index in [-0.39, 0.29) is 5.75 Å². The van der Waals surface area contributed by atoms with Crippen LogP contribution in [0.4, 0.5) is 0 Å². The van der Waals surface area contributed by atoms with E-state index in [1.54, 1.807) is 0 Å². The van der Waals surface area contributed by atoms with Gasteiger partial charge >= 0.3 is 0 Å². The maximum Gasteiger partial charge on any atom is 0.267 e. The molecule has 0 heterocycles. The molecule has 0 aliphatic carbocycles. The van der Waals surface area contributed by atoms with E-state index >= 15 is 0 Å². The van der Waals surface area contributed by atoms with Gasteiger partial charge in [0.1, 0.15) is 7.11 Å². The molecule has 0 aromatic rings. The summed E-state index contributed by atoms with van der Waals surface area (Å²) in [6, 6.07) is 0. The Hall–Kier alpha value is 0.200. The lowest BCUT2D eigenvalue weighted by atomic mass is 10.6. The largest absolute Gasteiger partial charge is 0.267 e. The maximum absolute atomic E-state index is 10.4. The third-order valence-electron chi connectivity index (χ3n) is 0.675. The molecule has 0 fully saturated rings. The molecular formula is C4H7ClO3S. The van der Waals surface area contributed by atoms with E-state index in [1.807, 2.05) is 0 Å². The number of hydrogen-bond acceptors (Lipinski definition) is 3. The molecule has 0 aliphatic rings. The highest BCUT2D eigenvalue weighted by molar-refractivity contribution is 7.86. The summed E-state index contributed by atoms with van der Waals surface area (Å²) in [7, 11) is 0.928. The van der Waals surface area contributed by atoms with Gasteiger partial charge in [-0.05, 0) is 6.42 Å². The predicted molar refractivity (Wildman–Crippen MR) is 34.5 cm³/mol. The molecule has 0 rings (SSSR count). The molecule has 0 saturated heterocycles. The Balaban J connectivity index is 3.61. The fraction of sp³-hybridized carbons (Fsp3) is 0.750. The third-order valence-corrected chi connectivity index (χ3v) is 2.02. The summed E-state index contributed by atoms with van der Waals surface area (Å²) < 4.78 is 24.4. The van der Waals surface area contributed by atoms with Gasteiger partial charge in [-0.3, -0.25) is 4.18 Å². The van der Waals surface area contributed by atoms with E-state index in [4.69, 9.17) is 11.6 Å². The van der Waals surface area contributed by atoms with Crippen LogP contribution in [0.1, 0.15) is 6.42 Å². The number of rotatable bonds is 4. The van der Waals surface area contributed by atoms with Crippen LogP contribution in [0.15, 0.2) is 0 Å². The molecular weight excluding hydrogens is 164 g/mol. The van der Waals surface area contributed by atoms with Gasteiger partial charge in [-0.25, -0.2) is 0 Å². The van der Waals surface area contributed by atoms with Crippen molar-refractivity contribution in [2.45, 2.75) is 6.42 Å². The molecule has 5 heteroatoms. The van der Waals surface area contributed by atoms with Gasteiger partial charge < -0.3 is 0 Å². The fourth-order valence-corrected chi connectivity index (χ4v) is 1.17. The van der Waals surface area contributed by atoms with Crippen LogP contribution >= 0.6 is 11.6 Å². The summed E-state index contributed by atoms with van der Waals surface area (Å²) in [5.41, 5.74) is 0. The highest BCUT2D eigenvalue weighted by Crippen LogP contribution is 1.95. The van der Waals surface area contributed by atoms with Crippen molar-refractivity contribution in [1.82, 2.24) is 0 Å². The molecule has 2 radical (unpaired) electrons. The molecule has 0 bridgehead atoms. The minimum absolute atomic E-state index is 0.118. The van der Waals surface area contributed by atoms with E-state index in [0.29, 0.717) is 12.3 Å². The summed E-state index contributed by atoms with van der Waals surface area (Å²) in [6.45, 7) is 0. The van der Waals surface area contributed by atoms with Gasteiger partial charge in [0.15, 0.2) is 0 Å². The SMILES string of the molecule is [CH]OS(=O)(=O)CCCCl. The van der Waals surface area contributed by atoms with Crippen molar-refractivity contribution in [2.75, 3.05) is 11.6 Å². The number of alkyl halides is 1. The molecule has 0 saturated carbocycles. The second-order valence-electron chi connectivity index (χ2n) is 1.40. The summed E-state index contributed by atoms with van der Waals surface area (Å²) in [4.78, 5) is 0. The van der Waals surface area contributed by atoms with Gasteiger partial charge in [-0.1, -0.05) is 0 Å². The third kappa shape index (κ3) is 4.69. The molecule has 0 atom stereocenters. The normalized spacial score (nSPS) is 11.8. The summed E-state index contributed by atoms with van der Waals surface area (Å²) in [5.74, 6) is 0.176. The van der Waals surface area contributed by atoms with E-state index in [1.165, 1.54) is 0 Å². The average Bonchev–Trinajstić information content (AvgIpc) is 1.84. The standard InChI is InChI=1S/C4H7ClO3S/c1-8-9(6,7)4-2-3-5/h1H,2-4H2. The van der Waals surface area contributed by atoms with Crippen molar-refractivity contribution in [3.8, 4) is 0 Å². The number of halogens is 1. The predicted octanol–water partition coefficient (Wildman–Crippen LogP) is 0.630. The van der Waals surface area contributed by atoms with Gasteiger partial charge in [0, 0.05) is 5.88 Å². The van der Waals surface area contributed by atoms with Crippen molar-refractivity contribution in [1.29, 1.82) is 0 Å². The summed E-state index contributed by atoms with van der Waals surface area (Å²) >= 11 is 5.20. The molecule has 0 spiro atoms. The van der Waals surface area contributed by atoms with Crippen LogP contribution in [-0.2, 0) is 14.3 Å². The Morgan fingerprint density at radius 1 is 1.56 bits per heavy atom. The lowest BCUT2D eigenvalue weighted by Crippen LogP contribution is -2.06. The van der Waals surface area contributed by atoms with E-state index in [9.17, 15) is 8.42 Å². The van der Waals surface area contributed by atoms with Crippen LogP contribution in [0.25, 0.3) is 0 Å². The molecule has 0 aromatic carbocycles. The summed E-state index contributed by atoms with van der Waals surface area (Å²) in [6.07, 6.45) is 0.362. The van der Waals surface area contributed by atoms with Gasteiger partial charge in [-0.15, -0.1) is 11.6 Å². The Kier molecular flexibility index (Phi) is 4.18. The summed E-state index contributed by atoms with van der Waals surface area (Å²) in [5, 5.41) is 0. The van der Waals surface area contributed by atoms with Gasteiger partial charge in [-0.2, -0.15) is 8.42 Å². The second kappa shape index (κ2) is 4.09. The van der Waals surface area contributed by atoms with E-state index in [2.05, 4.69) is 11.3 Å². The topological polar surface area (TPSA) is 43.4 Å². The van der Waals surface area contributed by atoms with Gasteiger partial charge in [0.05, 0.1) is 5.75 Å². The van der Waals surface area contributed by atoms with Crippen molar-refractivity contribution in [2.24, 2.45) is 0 Å². The van der Waals surface area contributed by atoms with Crippen LogP contribution in [0.5, 0.6) is 0 Å². The second-order valence-corrected chi connectivity index (χ2v) is 3.49. The molecule has 0 N–H and O–H groups in total. The highest BCUT2D eigenvalue weighted by Gasteiger charge is 2.06. The zero-order valence-corrected chi connectivity index (χ0v) is 6.28. The molecule has 0 unspecified atom stereocenters. The molecule has 3 nitrogen and oxygen atoms in total. The van der Waals surface area contributed by atoms with Gasteiger partial charge in [0.2, 0.25) is 0 Å². The zero-order chi connectivity index (χ0) is 7.33. The Morgan fingerprint density at radius 3 is 2.44 bits per heavy atom. The first kappa shape index (κ1) is 9.20. The molecule has 9 heavy (non-hydrogen) atoms.